The first-order valence-electron chi connectivity index (χ1n) is 6.65. The molecular formula is C13H24N2O4. The van der Waals surface area contributed by atoms with E-state index in [0.29, 0.717) is 32.5 Å². The van der Waals surface area contributed by atoms with Crippen molar-refractivity contribution < 1.29 is 19.4 Å². The second kappa shape index (κ2) is 6.23. The van der Waals surface area contributed by atoms with Crippen LogP contribution >= 0.6 is 0 Å². The summed E-state index contributed by atoms with van der Waals surface area (Å²) in [6.45, 7) is 6.67. The van der Waals surface area contributed by atoms with E-state index in [1.165, 1.54) is 0 Å². The Morgan fingerprint density at radius 2 is 1.89 bits per heavy atom. The number of nitrogens with zero attached hydrogens (tertiary/aromatic N) is 1. The van der Waals surface area contributed by atoms with Crippen molar-refractivity contribution >= 4 is 12.1 Å². The molecule has 0 spiro atoms. The Morgan fingerprint density at radius 3 is 2.37 bits per heavy atom. The van der Waals surface area contributed by atoms with Gasteiger partial charge in [0.2, 0.25) is 0 Å². The van der Waals surface area contributed by atoms with Crippen molar-refractivity contribution in [1.82, 2.24) is 4.90 Å². The van der Waals surface area contributed by atoms with Gasteiger partial charge in [0.25, 0.3) is 0 Å². The van der Waals surface area contributed by atoms with E-state index in [9.17, 15) is 14.7 Å². The number of likely N-dealkylation sites (tertiary alicyclic amines) is 1. The van der Waals surface area contributed by atoms with E-state index in [0.717, 1.165) is 0 Å². The summed E-state index contributed by atoms with van der Waals surface area (Å²) in [5.74, 6) is -1.39. The predicted molar refractivity (Wildman–Crippen MR) is 70.7 cm³/mol. The van der Waals surface area contributed by atoms with E-state index in [2.05, 4.69) is 0 Å². The Kier molecular flexibility index (Phi) is 5.17. The van der Waals surface area contributed by atoms with Crippen LogP contribution in [-0.4, -0.2) is 47.3 Å². The van der Waals surface area contributed by atoms with Crippen molar-refractivity contribution in [1.29, 1.82) is 0 Å². The number of amides is 1. The number of hydrogen-bond donors (Lipinski definition) is 2. The van der Waals surface area contributed by atoms with Crippen LogP contribution < -0.4 is 5.73 Å². The molecule has 6 heteroatoms. The highest BCUT2D eigenvalue weighted by molar-refractivity contribution is 5.71. The lowest BCUT2D eigenvalue weighted by molar-refractivity contribution is -0.143. The van der Waals surface area contributed by atoms with Gasteiger partial charge in [-0.3, -0.25) is 4.79 Å². The van der Waals surface area contributed by atoms with Crippen LogP contribution in [0.2, 0.25) is 0 Å². The van der Waals surface area contributed by atoms with Crippen LogP contribution in [0.15, 0.2) is 0 Å². The van der Waals surface area contributed by atoms with E-state index in [1.54, 1.807) is 4.90 Å². The third kappa shape index (κ3) is 4.70. The molecule has 0 bridgehead atoms. The molecule has 0 aromatic heterocycles. The highest BCUT2D eigenvalue weighted by Gasteiger charge is 2.33. The fourth-order valence-electron chi connectivity index (χ4n) is 2.28. The van der Waals surface area contributed by atoms with E-state index in [1.807, 2.05) is 20.8 Å². The highest BCUT2D eigenvalue weighted by atomic mass is 16.6. The van der Waals surface area contributed by atoms with Gasteiger partial charge in [0.1, 0.15) is 5.60 Å². The normalized spacial score (nSPS) is 24.7. The van der Waals surface area contributed by atoms with Crippen molar-refractivity contribution in [3.63, 3.8) is 0 Å². The average Bonchev–Trinajstić information content (AvgIpc) is 2.48. The molecule has 1 aliphatic rings. The van der Waals surface area contributed by atoms with Crippen LogP contribution in [0.4, 0.5) is 4.79 Å². The van der Waals surface area contributed by atoms with Gasteiger partial charge in [-0.1, -0.05) is 0 Å². The largest absolute Gasteiger partial charge is 0.481 e. The average molecular weight is 272 g/mol. The molecule has 3 N–H and O–H groups in total. The number of carbonyl (C=O) groups excluding carboxylic acids is 1. The molecular weight excluding hydrogens is 248 g/mol. The van der Waals surface area contributed by atoms with Gasteiger partial charge in [-0.15, -0.1) is 0 Å². The Balaban J connectivity index is 2.66. The third-order valence-electron chi connectivity index (χ3n) is 3.32. The van der Waals surface area contributed by atoms with Crippen molar-refractivity contribution in [3.05, 3.63) is 0 Å². The molecule has 0 unspecified atom stereocenters. The van der Waals surface area contributed by atoms with Crippen molar-refractivity contribution in [2.75, 3.05) is 19.6 Å². The summed E-state index contributed by atoms with van der Waals surface area (Å²) in [6, 6.07) is 0. The van der Waals surface area contributed by atoms with Crippen LogP contribution in [0.5, 0.6) is 0 Å². The standard InChI is InChI=1S/C13H24N2O4/c1-13(2,3)19-12(18)15-6-4-9(8-14)10(5-7-15)11(16)17/h9-10H,4-8,14H2,1-3H3,(H,16,17)/t9-,10-/m1/s1. The maximum Gasteiger partial charge on any atom is 0.410 e. The summed E-state index contributed by atoms with van der Waals surface area (Å²) in [5, 5.41) is 9.19. The van der Waals surface area contributed by atoms with Gasteiger partial charge in [0.15, 0.2) is 0 Å². The van der Waals surface area contributed by atoms with Crippen LogP contribution in [-0.2, 0) is 9.53 Å². The van der Waals surface area contributed by atoms with Gasteiger partial charge in [-0.2, -0.15) is 0 Å². The molecule has 1 fully saturated rings. The molecule has 1 aliphatic heterocycles. The number of hydrogen-bond acceptors (Lipinski definition) is 4. The fourth-order valence-corrected chi connectivity index (χ4v) is 2.28. The monoisotopic (exact) mass is 272 g/mol. The summed E-state index contributed by atoms with van der Waals surface area (Å²) in [5.41, 5.74) is 5.09. The molecule has 0 aliphatic carbocycles. The minimum absolute atomic E-state index is 0.0788. The summed E-state index contributed by atoms with van der Waals surface area (Å²) in [6.07, 6.45) is 0.651. The summed E-state index contributed by atoms with van der Waals surface area (Å²) in [7, 11) is 0. The maximum atomic E-state index is 12.0. The molecule has 0 saturated carbocycles. The van der Waals surface area contributed by atoms with Gasteiger partial charge in [-0.25, -0.2) is 4.79 Å². The number of rotatable bonds is 2. The number of carboxylic acid groups (broad SMARTS) is 1. The molecule has 19 heavy (non-hydrogen) atoms. The second-order valence-electron chi connectivity index (χ2n) is 5.99. The van der Waals surface area contributed by atoms with Crippen LogP contribution in [0.1, 0.15) is 33.6 Å². The molecule has 2 atom stereocenters. The zero-order chi connectivity index (χ0) is 14.6. The SMILES string of the molecule is CC(C)(C)OC(=O)N1CC[C@H](CN)[C@H](C(=O)O)CC1. The number of carboxylic acids is 1. The highest BCUT2D eigenvalue weighted by Crippen LogP contribution is 2.24. The lowest BCUT2D eigenvalue weighted by Crippen LogP contribution is -2.37. The molecule has 110 valence electrons. The second-order valence-corrected chi connectivity index (χ2v) is 5.99. The molecule has 1 rings (SSSR count). The van der Waals surface area contributed by atoms with E-state index < -0.39 is 17.5 Å². The fraction of sp³-hybridized carbons (Fsp3) is 0.846. The smallest absolute Gasteiger partial charge is 0.410 e. The molecule has 0 aromatic carbocycles. The van der Waals surface area contributed by atoms with Crippen LogP contribution in [0, 0.1) is 11.8 Å². The quantitative estimate of drug-likeness (QED) is 0.790. The van der Waals surface area contributed by atoms with E-state index >= 15 is 0 Å². The molecule has 1 heterocycles. The van der Waals surface area contributed by atoms with Gasteiger partial charge >= 0.3 is 12.1 Å². The first-order chi connectivity index (χ1) is 8.74. The summed E-state index contributed by atoms with van der Waals surface area (Å²) in [4.78, 5) is 24.7. The van der Waals surface area contributed by atoms with Gasteiger partial charge < -0.3 is 20.5 Å². The van der Waals surface area contributed by atoms with E-state index in [-0.39, 0.29) is 12.0 Å². The maximum absolute atomic E-state index is 12.0. The molecule has 1 saturated heterocycles. The van der Waals surface area contributed by atoms with Gasteiger partial charge in [-0.05, 0) is 46.1 Å². The van der Waals surface area contributed by atoms with Crippen molar-refractivity contribution in [2.24, 2.45) is 17.6 Å². The van der Waals surface area contributed by atoms with Crippen LogP contribution in [0.25, 0.3) is 0 Å². The Bertz CT molecular complexity index is 338. The zero-order valence-corrected chi connectivity index (χ0v) is 11.9. The Morgan fingerprint density at radius 1 is 1.32 bits per heavy atom. The molecule has 6 nitrogen and oxygen atoms in total. The lowest BCUT2D eigenvalue weighted by atomic mass is 9.88. The van der Waals surface area contributed by atoms with E-state index in [4.69, 9.17) is 10.5 Å². The van der Waals surface area contributed by atoms with Gasteiger partial charge in [0.05, 0.1) is 5.92 Å². The van der Waals surface area contributed by atoms with Crippen molar-refractivity contribution in [3.8, 4) is 0 Å². The third-order valence-corrected chi connectivity index (χ3v) is 3.32. The lowest BCUT2D eigenvalue weighted by Gasteiger charge is -2.26. The number of nitrogens with two attached hydrogens (primary N) is 1. The van der Waals surface area contributed by atoms with Crippen molar-refractivity contribution in [2.45, 2.75) is 39.2 Å². The number of carbonyl (C=O) groups is 2. The summed E-state index contributed by atoms with van der Waals surface area (Å²) >= 11 is 0. The first-order valence-corrected chi connectivity index (χ1v) is 6.65. The Labute approximate surface area is 113 Å². The minimum atomic E-state index is -0.832. The Hall–Kier alpha value is -1.30. The molecule has 0 radical (unpaired) electrons. The first kappa shape index (κ1) is 15.8. The minimum Gasteiger partial charge on any atom is -0.481 e. The van der Waals surface area contributed by atoms with Gasteiger partial charge in [0, 0.05) is 13.1 Å². The van der Waals surface area contributed by atoms with Crippen LogP contribution in [0.3, 0.4) is 0 Å². The topological polar surface area (TPSA) is 92.9 Å². The zero-order valence-electron chi connectivity index (χ0n) is 11.9. The summed E-state index contributed by atoms with van der Waals surface area (Å²) < 4.78 is 5.31. The number of ether oxygens (including phenoxy) is 1. The molecule has 1 amide bonds. The number of aliphatic carboxylic acids is 1. The predicted octanol–water partition coefficient (Wildman–Crippen LogP) is 1.29. The molecule has 0 aromatic rings.